The predicted molar refractivity (Wildman–Crippen MR) is 107 cm³/mol. The van der Waals surface area contributed by atoms with E-state index < -0.39 is 16.4 Å². The molecule has 0 heterocycles. The fourth-order valence-corrected chi connectivity index (χ4v) is 5.50. The summed E-state index contributed by atoms with van der Waals surface area (Å²) in [5, 5.41) is 1.41. The summed E-state index contributed by atoms with van der Waals surface area (Å²) in [6.45, 7) is 13.9. The fraction of sp³-hybridized carbons (Fsp3) is 0.300. The zero-order valence-corrected chi connectivity index (χ0v) is 17.2. The molecule has 2 aromatic carbocycles. The monoisotopic (exact) mass is 340 g/mol. The maximum Gasteiger partial charge on any atom is 0.242 e. The molecule has 0 fully saturated rings. The van der Waals surface area contributed by atoms with Crippen LogP contribution in [0.1, 0.15) is 11.1 Å². The topological polar surface area (TPSA) is 9.23 Å². The van der Waals surface area contributed by atoms with Crippen LogP contribution in [0.4, 0.5) is 0 Å². The zero-order chi connectivity index (χ0) is 17.1. The summed E-state index contributed by atoms with van der Waals surface area (Å²) in [6.07, 6.45) is 0. The second-order valence-electron chi connectivity index (χ2n) is 7.90. The molecule has 2 rings (SSSR count). The van der Waals surface area contributed by atoms with Gasteiger partial charge >= 0.3 is 0 Å². The average Bonchev–Trinajstić information content (AvgIpc) is 2.46. The Morgan fingerprint density at radius 1 is 0.652 bits per heavy atom. The van der Waals surface area contributed by atoms with Gasteiger partial charge in [-0.25, -0.2) is 0 Å². The van der Waals surface area contributed by atoms with Gasteiger partial charge in [0.15, 0.2) is 0 Å². The van der Waals surface area contributed by atoms with Crippen molar-refractivity contribution in [3.63, 3.8) is 0 Å². The van der Waals surface area contributed by atoms with Crippen molar-refractivity contribution in [1.82, 2.24) is 0 Å². The average molecular weight is 341 g/mol. The van der Waals surface area contributed by atoms with Crippen molar-refractivity contribution in [3.05, 3.63) is 71.8 Å². The lowest BCUT2D eigenvalue weighted by molar-refractivity contribution is 0.517. The SMILES string of the molecule is C[Si](C)(C)O/C(=C(/c1ccccc1)[Si](C)(C)C)c1ccccc1. The second-order valence-corrected chi connectivity index (χ2v) is 17.3. The first kappa shape index (κ1) is 17.8. The van der Waals surface area contributed by atoms with Crippen LogP contribution in [0.25, 0.3) is 11.0 Å². The van der Waals surface area contributed by atoms with Gasteiger partial charge in [-0.1, -0.05) is 80.3 Å². The third-order valence-electron chi connectivity index (χ3n) is 3.48. The Balaban J connectivity index is 2.74. The molecular weight excluding hydrogens is 312 g/mol. The first-order valence-electron chi connectivity index (χ1n) is 8.23. The van der Waals surface area contributed by atoms with Crippen molar-refractivity contribution in [2.45, 2.75) is 39.3 Å². The Kier molecular flexibility index (Phi) is 5.32. The molecule has 0 unspecified atom stereocenters. The fourth-order valence-electron chi connectivity index (χ4n) is 2.66. The van der Waals surface area contributed by atoms with Gasteiger partial charge in [0.1, 0.15) is 5.76 Å². The lowest BCUT2D eigenvalue weighted by Crippen LogP contribution is -2.29. The van der Waals surface area contributed by atoms with Crippen molar-refractivity contribution in [3.8, 4) is 0 Å². The van der Waals surface area contributed by atoms with Crippen molar-refractivity contribution in [1.29, 1.82) is 0 Å². The Hall–Kier alpha value is -1.59. The highest BCUT2D eigenvalue weighted by molar-refractivity contribution is 6.95. The van der Waals surface area contributed by atoms with E-state index in [0.717, 1.165) is 5.76 Å². The van der Waals surface area contributed by atoms with Gasteiger partial charge in [-0.3, -0.25) is 0 Å². The van der Waals surface area contributed by atoms with Gasteiger partial charge in [-0.15, -0.1) is 0 Å². The molecule has 122 valence electrons. The van der Waals surface area contributed by atoms with Gasteiger partial charge in [-0.05, 0) is 30.4 Å². The highest BCUT2D eigenvalue weighted by Gasteiger charge is 2.29. The Bertz CT molecular complexity index is 662. The van der Waals surface area contributed by atoms with E-state index in [9.17, 15) is 0 Å². The van der Waals surface area contributed by atoms with Gasteiger partial charge in [-0.2, -0.15) is 0 Å². The van der Waals surface area contributed by atoms with Crippen LogP contribution in [0.15, 0.2) is 60.7 Å². The highest BCUT2D eigenvalue weighted by Crippen LogP contribution is 2.36. The van der Waals surface area contributed by atoms with Crippen LogP contribution in [0.3, 0.4) is 0 Å². The summed E-state index contributed by atoms with van der Waals surface area (Å²) in [7, 11) is -3.31. The van der Waals surface area contributed by atoms with Crippen LogP contribution in [0.2, 0.25) is 39.3 Å². The molecule has 0 aromatic heterocycles. The molecule has 0 bridgehead atoms. The van der Waals surface area contributed by atoms with E-state index in [1.807, 2.05) is 0 Å². The summed E-state index contributed by atoms with van der Waals surface area (Å²) in [4.78, 5) is 0. The lowest BCUT2D eigenvalue weighted by atomic mass is 10.1. The minimum Gasteiger partial charge on any atom is -0.544 e. The molecule has 0 saturated carbocycles. The highest BCUT2D eigenvalue weighted by atomic mass is 28.4. The Labute approximate surface area is 143 Å². The molecule has 0 saturated heterocycles. The van der Waals surface area contributed by atoms with Crippen LogP contribution in [-0.2, 0) is 4.43 Å². The molecule has 0 aliphatic heterocycles. The molecule has 0 atom stereocenters. The quantitative estimate of drug-likeness (QED) is 0.353. The molecule has 23 heavy (non-hydrogen) atoms. The third kappa shape index (κ3) is 4.94. The molecule has 0 amide bonds. The van der Waals surface area contributed by atoms with Gasteiger partial charge in [0, 0.05) is 5.56 Å². The predicted octanol–water partition coefficient (Wildman–Crippen LogP) is 6.28. The summed E-state index contributed by atoms with van der Waals surface area (Å²) < 4.78 is 6.62. The smallest absolute Gasteiger partial charge is 0.242 e. The van der Waals surface area contributed by atoms with E-state index in [1.165, 1.54) is 16.3 Å². The molecule has 0 radical (unpaired) electrons. The zero-order valence-electron chi connectivity index (χ0n) is 15.2. The standard InChI is InChI=1S/C20H28OSi2/c1-22(2,3)20(18-15-11-8-12-16-18)19(21-23(4,5)6)17-13-9-7-10-14-17/h7-16H,1-6H3/b20-19-. The molecular formula is C20H28OSi2. The molecule has 0 spiro atoms. The third-order valence-corrected chi connectivity index (χ3v) is 6.32. The molecule has 2 aromatic rings. The second kappa shape index (κ2) is 6.89. The molecule has 1 nitrogen and oxygen atoms in total. The summed E-state index contributed by atoms with van der Waals surface area (Å²) in [5.74, 6) is 1.09. The number of hydrogen-bond donors (Lipinski definition) is 0. The summed E-state index contributed by atoms with van der Waals surface area (Å²) >= 11 is 0. The van der Waals surface area contributed by atoms with Crippen LogP contribution in [0.5, 0.6) is 0 Å². The van der Waals surface area contributed by atoms with Gasteiger partial charge < -0.3 is 4.43 Å². The minimum atomic E-state index is -1.71. The molecule has 0 aliphatic carbocycles. The molecule has 0 N–H and O–H groups in total. The minimum absolute atomic E-state index is 1.09. The van der Waals surface area contributed by atoms with E-state index in [4.69, 9.17) is 4.43 Å². The van der Waals surface area contributed by atoms with E-state index >= 15 is 0 Å². The summed E-state index contributed by atoms with van der Waals surface area (Å²) in [5.41, 5.74) is 2.49. The van der Waals surface area contributed by atoms with E-state index in [1.54, 1.807) is 0 Å². The molecule has 0 aliphatic rings. The van der Waals surface area contributed by atoms with E-state index in [-0.39, 0.29) is 0 Å². The Morgan fingerprint density at radius 3 is 1.48 bits per heavy atom. The first-order chi connectivity index (χ1) is 10.7. The largest absolute Gasteiger partial charge is 0.544 e. The maximum absolute atomic E-state index is 6.62. The van der Waals surface area contributed by atoms with Gasteiger partial charge in [0.2, 0.25) is 8.32 Å². The maximum atomic E-state index is 6.62. The van der Waals surface area contributed by atoms with Crippen LogP contribution >= 0.6 is 0 Å². The van der Waals surface area contributed by atoms with Crippen molar-refractivity contribution >= 4 is 27.3 Å². The Morgan fingerprint density at radius 2 is 1.09 bits per heavy atom. The summed E-state index contributed by atoms with van der Waals surface area (Å²) in [6, 6.07) is 21.3. The first-order valence-corrected chi connectivity index (χ1v) is 15.1. The van der Waals surface area contributed by atoms with Gasteiger partial charge in [0.05, 0.1) is 8.07 Å². The number of rotatable bonds is 5. The van der Waals surface area contributed by atoms with Gasteiger partial charge in [0.25, 0.3) is 0 Å². The normalized spacial score (nSPS) is 13.5. The van der Waals surface area contributed by atoms with E-state index in [2.05, 4.69) is 99.9 Å². The van der Waals surface area contributed by atoms with Crippen LogP contribution in [0, 0.1) is 0 Å². The van der Waals surface area contributed by atoms with Crippen molar-refractivity contribution in [2.75, 3.05) is 0 Å². The van der Waals surface area contributed by atoms with Crippen molar-refractivity contribution in [2.24, 2.45) is 0 Å². The number of benzene rings is 2. The van der Waals surface area contributed by atoms with Crippen LogP contribution < -0.4 is 0 Å². The number of hydrogen-bond acceptors (Lipinski definition) is 1. The van der Waals surface area contributed by atoms with Crippen LogP contribution in [-0.4, -0.2) is 16.4 Å². The van der Waals surface area contributed by atoms with Crippen molar-refractivity contribution < 1.29 is 4.43 Å². The van der Waals surface area contributed by atoms with E-state index in [0.29, 0.717) is 0 Å². The lowest BCUT2D eigenvalue weighted by Gasteiger charge is -2.30. The molecule has 3 heteroatoms.